The van der Waals surface area contributed by atoms with E-state index in [1.165, 1.54) is 0 Å². The molecule has 2 aromatic heterocycles. The van der Waals surface area contributed by atoms with Gasteiger partial charge in [0.2, 0.25) is 5.91 Å². The molecule has 0 fully saturated rings. The van der Waals surface area contributed by atoms with Crippen molar-refractivity contribution in [3.05, 3.63) is 82.8 Å². The molecule has 1 amide bonds. The molecule has 180 valence electrons. The second-order valence-electron chi connectivity index (χ2n) is 8.55. The van der Waals surface area contributed by atoms with E-state index in [9.17, 15) is 4.79 Å². The Balaban J connectivity index is 1.37. The molecule has 1 aliphatic heterocycles. The van der Waals surface area contributed by atoms with Crippen molar-refractivity contribution < 1.29 is 19.0 Å². The molecule has 0 aliphatic carbocycles. The lowest BCUT2D eigenvalue weighted by Crippen LogP contribution is -2.41. The van der Waals surface area contributed by atoms with Gasteiger partial charge in [-0.1, -0.05) is 29.8 Å². The normalized spacial score (nSPS) is 15.6. The van der Waals surface area contributed by atoms with Gasteiger partial charge in [0.05, 0.1) is 13.7 Å². The molecule has 8 heteroatoms. The van der Waals surface area contributed by atoms with Crippen LogP contribution in [-0.4, -0.2) is 42.2 Å². The number of rotatable bonds is 7. The van der Waals surface area contributed by atoms with Crippen molar-refractivity contribution in [2.24, 2.45) is 0 Å². The number of hydrogen-bond acceptors (Lipinski definition) is 5. The Hall–Kier alpha value is -3.71. The van der Waals surface area contributed by atoms with E-state index in [-0.39, 0.29) is 24.3 Å². The summed E-state index contributed by atoms with van der Waals surface area (Å²) in [4.78, 5) is 20.9. The summed E-state index contributed by atoms with van der Waals surface area (Å²) < 4.78 is 17.2. The van der Waals surface area contributed by atoms with E-state index in [1.807, 2.05) is 67.7 Å². The number of H-pyrrole nitrogens is 1. The molecule has 2 atom stereocenters. The van der Waals surface area contributed by atoms with Crippen LogP contribution in [0.15, 0.2) is 60.8 Å². The number of nitrogens with zero attached hydrogens (tertiary/aromatic N) is 1. The van der Waals surface area contributed by atoms with E-state index in [4.69, 9.17) is 25.8 Å². The van der Waals surface area contributed by atoms with Crippen molar-refractivity contribution in [2.45, 2.75) is 25.4 Å². The number of halogens is 1. The van der Waals surface area contributed by atoms with Gasteiger partial charge in [0, 0.05) is 35.1 Å². The molecule has 4 aromatic rings. The lowest BCUT2D eigenvalue weighted by molar-refractivity contribution is -0.121. The number of para-hydroxylation sites is 2. The van der Waals surface area contributed by atoms with Gasteiger partial charge in [-0.3, -0.25) is 4.79 Å². The van der Waals surface area contributed by atoms with Gasteiger partial charge in [-0.2, -0.15) is 0 Å². The molecule has 5 rings (SSSR count). The van der Waals surface area contributed by atoms with Gasteiger partial charge in [-0.05, 0) is 54.4 Å². The number of aromatic amines is 1. The van der Waals surface area contributed by atoms with E-state index < -0.39 is 0 Å². The van der Waals surface area contributed by atoms with Gasteiger partial charge in [-0.15, -0.1) is 0 Å². The van der Waals surface area contributed by atoms with Gasteiger partial charge in [0.1, 0.15) is 23.6 Å². The molecule has 1 aliphatic rings. The number of aromatic nitrogens is 2. The number of aryl methyl sites for hydroxylation is 1. The molecule has 3 heterocycles. The Morgan fingerprint density at radius 3 is 2.83 bits per heavy atom. The first-order valence-electron chi connectivity index (χ1n) is 11.4. The van der Waals surface area contributed by atoms with Crippen LogP contribution in [0.25, 0.3) is 10.9 Å². The van der Waals surface area contributed by atoms with E-state index in [0.717, 1.165) is 33.5 Å². The summed E-state index contributed by atoms with van der Waals surface area (Å²) in [7, 11) is 1.63. The van der Waals surface area contributed by atoms with E-state index in [1.54, 1.807) is 7.11 Å². The molecule has 35 heavy (non-hydrogen) atoms. The molecule has 0 radical (unpaired) electrons. The topological polar surface area (TPSA) is 85.5 Å². The highest BCUT2D eigenvalue weighted by Gasteiger charge is 2.26. The molecule has 7 nitrogen and oxygen atoms in total. The Kier molecular flexibility index (Phi) is 6.51. The fourth-order valence-electron chi connectivity index (χ4n) is 4.37. The van der Waals surface area contributed by atoms with Crippen LogP contribution >= 0.6 is 11.6 Å². The largest absolute Gasteiger partial charge is 0.497 e. The molecular weight excluding hydrogens is 466 g/mol. The minimum atomic E-state index is -0.305. The van der Waals surface area contributed by atoms with Crippen LogP contribution in [-0.2, 0) is 4.79 Å². The highest BCUT2D eigenvalue weighted by Crippen LogP contribution is 2.37. The minimum Gasteiger partial charge on any atom is -0.497 e. The maximum Gasteiger partial charge on any atom is 0.221 e. The molecule has 2 aromatic carbocycles. The van der Waals surface area contributed by atoms with Crippen LogP contribution in [0.3, 0.4) is 0 Å². The molecule has 0 unspecified atom stereocenters. The zero-order valence-electron chi connectivity index (χ0n) is 19.5. The maximum absolute atomic E-state index is 13.1. The summed E-state index contributed by atoms with van der Waals surface area (Å²) in [6.07, 6.45) is 1.85. The van der Waals surface area contributed by atoms with Crippen molar-refractivity contribution >= 4 is 28.4 Å². The molecule has 0 spiro atoms. The van der Waals surface area contributed by atoms with Crippen LogP contribution < -0.4 is 19.5 Å². The number of benzene rings is 2. The van der Waals surface area contributed by atoms with Crippen LogP contribution in [0.1, 0.15) is 29.2 Å². The van der Waals surface area contributed by atoms with Crippen LogP contribution in [0.2, 0.25) is 5.15 Å². The second kappa shape index (κ2) is 9.88. The zero-order valence-corrected chi connectivity index (χ0v) is 20.3. The fraction of sp³-hybridized carbons (Fsp3) is 0.259. The maximum atomic E-state index is 13.1. The highest BCUT2D eigenvalue weighted by atomic mass is 35.5. The number of carbonyl (C=O) groups is 1. The number of carbonyl (C=O) groups excluding carboxylic acids is 1. The van der Waals surface area contributed by atoms with Gasteiger partial charge in [0.15, 0.2) is 11.5 Å². The number of nitrogens with one attached hydrogen (secondary N) is 2. The predicted octanol–water partition coefficient (Wildman–Crippen LogP) is 5.01. The SMILES string of the molecule is COc1ccc2[nH]cc([C@H](CC(=O)NC[C@@H]3COc4ccccc4O3)c3ccc(C)nc3Cl)c2c1. The number of pyridine rings is 1. The van der Waals surface area contributed by atoms with Gasteiger partial charge in [0.25, 0.3) is 0 Å². The third-order valence-electron chi connectivity index (χ3n) is 6.17. The van der Waals surface area contributed by atoms with Crippen LogP contribution in [0.4, 0.5) is 0 Å². The average Bonchev–Trinajstić information content (AvgIpc) is 3.29. The first-order valence-corrected chi connectivity index (χ1v) is 11.8. The highest BCUT2D eigenvalue weighted by molar-refractivity contribution is 6.30. The number of fused-ring (bicyclic) bond motifs is 2. The summed E-state index contributed by atoms with van der Waals surface area (Å²) in [5, 5.41) is 4.37. The smallest absolute Gasteiger partial charge is 0.221 e. The monoisotopic (exact) mass is 491 g/mol. The number of methoxy groups -OCH3 is 1. The number of hydrogen-bond donors (Lipinski definition) is 2. The Morgan fingerprint density at radius 1 is 1.20 bits per heavy atom. The fourth-order valence-corrected chi connectivity index (χ4v) is 4.70. The zero-order chi connectivity index (χ0) is 24.4. The first kappa shape index (κ1) is 23.1. The average molecular weight is 492 g/mol. The molecule has 0 saturated carbocycles. The molecule has 0 saturated heterocycles. The first-order chi connectivity index (χ1) is 17.0. The number of amides is 1. The van der Waals surface area contributed by atoms with E-state index >= 15 is 0 Å². The van der Waals surface area contributed by atoms with Gasteiger partial charge >= 0.3 is 0 Å². The molecule has 2 N–H and O–H groups in total. The van der Waals surface area contributed by atoms with Crippen molar-refractivity contribution in [3.63, 3.8) is 0 Å². The van der Waals surface area contributed by atoms with E-state index in [2.05, 4.69) is 15.3 Å². The number of ether oxygens (including phenoxy) is 3. The quantitative estimate of drug-likeness (QED) is 0.355. The van der Waals surface area contributed by atoms with Gasteiger partial charge < -0.3 is 24.5 Å². The van der Waals surface area contributed by atoms with Gasteiger partial charge in [-0.25, -0.2) is 4.98 Å². The van der Waals surface area contributed by atoms with Crippen LogP contribution in [0.5, 0.6) is 17.2 Å². The Morgan fingerprint density at radius 2 is 2.03 bits per heavy atom. The van der Waals surface area contributed by atoms with Crippen molar-refractivity contribution in [1.82, 2.24) is 15.3 Å². The Labute approximate surface area is 208 Å². The summed E-state index contributed by atoms with van der Waals surface area (Å²) in [5.74, 6) is 1.71. The standard InChI is InChI=1S/C27H26ClN3O4/c1-16-7-9-19(27(28)31-16)20(22-14-29-23-10-8-17(33-2)11-21(22)23)12-26(32)30-13-18-15-34-24-5-3-4-6-25(24)35-18/h3-11,14,18,20,29H,12-13,15H2,1-2H3,(H,30,32)/t18-,20-/m1/s1. The molecular formula is C27H26ClN3O4. The minimum absolute atomic E-state index is 0.119. The predicted molar refractivity (Wildman–Crippen MR) is 135 cm³/mol. The lowest BCUT2D eigenvalue weighted by Gasteiger charge is -2.27. The summed E-state index contributed by atoms with van der Waals surface area (Å²) >= 11 is 6.57. The Bertz CT molecular complexity index is 1370. The van der Waals surface area contributed by atoms with Crippen molar-refractivity contribution in [2.75, 3.05) is 20.3 Å². The summed E-state index contributed by atoms with van der Waals surface area (Å²) in [6.45, 7) is 2.59. The molecule has 0 bridgehead atoms. The third kappa shape index (κ3) is 4.91. The van der Waals surface area contributed by atoms with Crippen molar-refractivity contribution in [3.8, 4) is 17.2 Å². The third-order valence-corrected chi connectivity index (χ3v) is 6.48. The second-order valence-corrected chi connectivity index (χ2v) is 8.90. The summed E-state index contributed by atoms with van der Waals surface area (Å²) in [5.41, 5.74) is 3.51. The summed E-state index contributed by atoms with van der Waals surface area (Å²) in [6, 6.07) is 17.2. The lowest BCUT2D eigenvalue weighted by atomic mass is 9.88. The van der Waals surface area contributed by atoms with Crippen LogP contribution in [0, 0.1) is 6.92 Å². The van der Waals surface area contributed by atoms with E-state index in [0.29, 0.717) is 29.8 Å². The van der Waals surface area contributed by atoms with Crippen molar-refractivity contribution in [1.29, 1.82) is 0 Å².